The van der Waals surface area contributed by atoms with E-state index in [9.17, 15) is 0 Å². The molecule has 1 aliphatic heterocycles. The van der Waals surface area contributed by atoms with Crippen LogP contribution in [0.25, 0.3) is 21.9 Å². The van der Waals surface area contributed by atoms with Gasteiger partial charge in [0.05, 0.1) is 5.41 Å². The molecule has 1 nitrogen and oxygen atoms in total. The number of benzene rings is 5. The first-order valence-electron chi connectivity index (χ1n) is 10.5. The first-order valence-corrected chi connectivity index (χ1v) is 11.3. The summed E-state index contributed by atoms with van der Waals surface area (Å²) < 4.78 is 7.47. The third kappa shape index (κ3) is 2.11. The number of halogens is 1. The summed E-state index contributed by atoms with van der Waals surface area (Å²) in [4.78, 5) is 0. The zero-order valence-electron chi connectivity index (χ0n) is 16.6. The number of hydrogen-bond donors (Lipinski definition) is 0. The second-order valence-electron chi connectivity index (χ2n) is 8.24. The van der Waals surface area contributed by atoms with Crippen molar-refractivity contribution in [3.8, 4) is 22.6 Å². The van der Waals surface area contributed by atoms with Gasteiger partial charge in [0.2, 0.25) is 0 Å². The molecule has 5 aromatic carbocycles. The Bertz CT molecular complexity index is 1530. The minimum Gasteiger partial charge on any atom is -0.457 e. The van der Waals surface area contributed by atoms with Crippen molar-refractivity contribution in [1.82, 2.24) is 0 Å². The maximum Gasteiger partial charge on any atom is 0.133 e. The fourth-order valence-electron chi connectivity index (χ4n) is 5.67. The second-order valence-corrected chi connectivity index (χ2v) is 9.16. The molecule has 31 heavy (non-hydrogen) atoms. The average Bonchev–Trinajstić information content (AvgIpc) is 2.81. The van der Waals surface area contributed by atoms with Gasteiger partial charge in [-0.1, -0.05) is 101 Å². The van der Waals surface area contributed by atoms with Crippen LogP contribution >= 0.6 is 15.9 Å². The van der Waals surface area contributed by atoms with Gasteiger partial charge in [-0.25, -0.2) is 0 Å². The highest BCUT2D eigenvalue weighted by atomic mass is 79.9. The highest BCUT2D eigenvalue weighted by Gasteiger charge is 2.49. The number of rotatable bonds is 0. The summed E-state index contributed by atoms with van der Waals surface area (Å²) in [6, 6.07) is 37.1. The summed E-state index contributed by atoms with van der Waals surface area (Å²) in [6.07, 6.45) is 0. The zero-order chi connectivity index (χ0) is 20.6. The first kappa shape index (κ1) is 17.3. The maximum atomic E-state index is 6.45. The van der Waals surface area contributed by atoms with Gasteiger partial charge >= 0.3 is 0 Å². The molecular formula is C29H17BrO. The standard InChI is InChI=1S/C29H17BrO/c30-19-15-16-24-27(17-19)31-26-14-4-3-12-23(26)29(24)22-11-2-1-9-20(22)21-10-5-7-18-8-6-13-25(29)28(18)21/h1-17H. The Kier molecular flexibility index (Phi) is 3.40. The third-order valence-electron chi connectivity index (χ3n) is 6.79. The Hall–Kier alpha value is -3.36. The van der Waals surface area contributed by atoms with Crippen LogP contribution in [0.5, 0.6) is 11.5 Å². The van der Waals surface area contributed by atoms with E-state index in [1.54, 1.807) is 0 Å². The molecule has 0 bridgehead atoms. The van der Waals surface area contributed by atoms with Crippen LogP contribution in [-0.4, -0.2) is 0 Å². The monoisotopic (exact) mass is 460 g/mol. The molecule has 1 spiro atoms. The normalized spacial score (nSPS) is 17.6. The molecule has 1 heterocycles. The number of fused-ring (bicyclic) bond motifs is 8. The summed E-state index contributed by atoms with van der Waals surface area (Å²) in [5, 5.41) is 2.60. The summed E-state index contributed by atoms with van der Waals surface area (Å²) >= 11 is 3.65. The molecule has 0 amide bonds. The van der Waals surface area contributed by atoms with E-state index in [4.69, 9.17) is 4.74 Å². The van der Waals surface area contributed by atoms with Gasteiger partial charge in [-0.15, -0.1) is 0 Å². The fraction of sp³-hybridized carbons (Fsp3) is 0.0345. The lowest BCUT2D eigenvalue weighted by molar-refractivity contribution is 0.434. The summed E-state index contributed by atoms with van der Waals surface area (Å²) in [6.45, 7) is 0. The molecule has 1 unspecified atom stereocenters. The quantitative estimate of drug-likeness (QED) is 0.222. The lowest BCUT2D eigenvalue weighted by atomic mass is 9.58. The second kappa shape index (κ2) is 6.09. The van der Waals surface area contributed by atoms with Gasteiger partial charge in [-0.2, -0.15) is 0 Å². The summed E-state index contributed by atoms with van der Waals surface area (Å²) in [5.74, 6) is 1.82. The van der Waals surface area contributed by atoms with E-state index in [1.807, 2.05) is 0 Å². The minimum atomic E-state index is -0.435. The van der Waals surface area contributed by atoms with E-state index in [2.05, 4.69) is 119 Å². The molecule has 1 atom stereocenters. The van der Waals surface area contributed by atoms with Gasteiger partial charge in [0.15, 0.2) is 0 Å². The lowest BCUT2D eigenvalue weighted by Crippen LogP contribution is -2.36. The largest absolute Gasteiger partial charge is 0.457 e. The lowest BCUT2D eigenvalue weighted by Gasteiger charge is -2.45. The molecule has 7 rings (SSSR count). The molecule has 0 radical (unpaired) electrons. The average molecular weight is 461 g/mol. The van der Waals surface area contributed by atoms with Crippen molar-refractivity contribution in [2.75, 3.05) is 0 Å². The molecular weight excluding hydrogens is 444 g/mol. The van der Waals surface area contributed by atoms with Crippen molar-refractivity contribution in [1.29, 1.82) is 0 Å². The molecule has 0 aromatic heterocycles. The third-order valence-corrected chi connectivity index (χ3v) is 7.28. The van der Waals surface area contributed by atoms with Gasteiger partial charge in [-0.05, 0) is 51.2 Å². The SMILES string of the molecule is Brc1ccc2c(c1)Oc1ccccc1C21c2ccccc2-c2cccc3cccc1c23. The van der Waals surface area contributed by atoms with Crippen LogP contribution < -0.4 is 4.74 Å². The van der Waals surface area contributed by atoms with Crippen LogP contribution in [0, 0.1) is 0 Å². The van der Waals surface area contributed by atoms with Gasteiger partial charge < -0.3 is 4.74 Å². The van der Waals surface area contributed by atoms with Crippen LogP contribution in [0.3, 0.4) is 0 Å². The van der Waals surface area contributed by atoms with Crippen LogP contribution in [-0.2, 0) is 5.41 Å². The van der Waals surface area contributed by atoms with Crippen LogP contribution in [0.15, 0.2) is 108 Å². The van der Waals surface area contributed by atoms with Gasteiger partial charge in [-0.3, -0.25) is 0 Å². The van der Waals surface area contributed by atoms with Gasteiger partial charge in [0, 0.05) is 15.6 Å². The van der Waals surface area contributed by atoms with Crippen molar-refractivity contribution in [3.63, 3.8) is 0 Å². The molecule has 0 saturated carbocycles. The minimum absolute atomic E-state index is 0.435. The molecule has 0 fully saturated rings. The van der Waals surface area contributed by atoms with Crippen molar-refractivity contribution in [2.45, 2.75) is 5.41 Å². The molecule has 1 aliphatic carbocycles. The Morgan fingerprint density at radius 1 is 0.548 bits per heavy atom. The molecule has 0 saturated heterocycles. The van der Waals surface area contributed by atoms with Gasteiger partial charge in [0.1, 0.15) is 11.5 Å². The molecule has 0 N–H and O–H groups in total. The highest BCUT2D eigenvalue weighted by Crippen LogP contribution is 2.61. The van der Waals surface area contributed by atoms with E-state index in [0.29, 0.717) is 0 Å². The van der Waals surface area contributed by atoms with Crippen molar-refractivity contribution < 1.29 is 4.74 Å². The molecule has 2 aliphatic rings. The van der Waals surface area contributed by atoms with E-state index in [1.165, 1.54) is 44.2 Å². The predicted octanol–water partition coefficient (Wildman–Crippen LogP) is 8.07. The first-order chi connectivity index (χ1) is 15.3. The van der Waals surface area contributed by atoms with Crippen molar-refractivity contribution in [2.24, 2.45) is 0 Å². The van der Waals surface area contributed by atoms with E-state index >= 15 is 0 Å². The highest BCUT2D eigenvalue weighted by molar-refractivity contribution is 9.10. The topological polar surface area (TPSA) is 9.23 Å². The summed E-state index contributed by atoms with van der Waals surface area (Å²) in [5.41, 5.74) is 7.16. The Morgan fingerprint density at radius 3 is 2.13 bits per heavy atom. The maximum absolute atomic E-state index is 6.45. The zero-order valence-corrected chi connectivity index (χ0v) is 18.2. The van der Waals surface area contributed by atoms with Crippen molar-refractivity contribution >= 4 is 26.7 Å². The summed E-state index contributed by atoms with van der Waals surface area (Å²) in [7, 11) is 0. The number of hydrogen-bond acceptors (Lipinski definition) is 1. The fourth-order valence-corrected chi connectivity index (χ4v) is 6.01. The van der Waals surface area contributed by atoms with Crippen LogP contribution in [0.4, 0.5) is 0 Å². The number of para-hydroxylation sites is 1. The van der Waals surface area contributed by atoms with Crippen LogP contribution in [0.1, 0.15) is 22.3 Å². The molecule has 2 heteroatoms. The van der Waals surface area contributed by atoms with E-state index in [-0.39, 0.29) is 0 Å². The Balaban J connectivity index is 1.78. The Morgan fingerprint density at radius 2 is 1.23 bits per heavy atom. The Labute approximate surface area is 189 Å². The van der Waals surface area contributed by atoms with E-state index < -0.39 is 5.41 Å². The smallest absolute Gasteiger partial charge is 0.133 e. The van der Waals surface area contributed by atoms with Crippen LogP contribution in [0.2, 0.25) is 0 Å². The number of ether oxygens (including phenoxy) is 1. The van der Waals surface area contributed by atoms with Crippen molar-refractivity contribution in [3.05, 3.63) is 130 Å². The molecule has 146 valence electrons. The predicted molar refractivity (Wildman–Crippen MR) is 129 cm³/mol. The molecule has 5 aromatic rings. The van der Waals surface area contributed by atoms with Gasteiger partial charge in [0.25, 0.3) is 0 Å². The van der Waals surface area contributed by atoms with E-state index in [0.717, 1.165) is 16.0 Å².